The van der Waals surface area contributed by atoms with Crippen LogP contribution in [0.25, 0.3) is 0 Å². The van der Waals surface area contributed by atoms with Gasteiger partial charge in [0, 0.05) is 62.9 Å². The van der Waals surface area contributed by atoms with Crippen LogP contribution in [0, 0.1) is 39.9 Å². The molecule has 1 radical (unpaired) electrons. The van der Waals surface area contributed by atoms with E-state index in [-0.39, 0.29) is 66.4 Å². The van der Waals surface area contributed by atoms with Crippen molar-refractivity contribution in [3.63, 3.8) is 0 Å². The molecule has 0 amide bonds. The van der Waals surface area contributed by atoms with E-state index < -0.39 is 0 Å². The number of methoxy groups -OCH3 is 2. The maximum absolute atomic E-state index is 9.86. The molecule has 15 nitrogen and oxygen atoms in total. The number of nitrogens with zero attached hydrogens (tertiary/aromatic N) is 4. The van der Waals surface area contributed by atoms with E-state index in [0.29, 0.717) is 115 Å². The van der Waals surface area contributed by atoms with Gasteiger partial charge in [0.1, 0.15) is 24.6 Å². The third-order valence-corrected chi connectivity index (χ3v) is 10.9. The number of aliphatic imine (C=N–C) groups is 4. The zero-order valence-corrected chi connectivity index (χ0v) is 40.8. The Labute approximate surface area is 410 Å². The minimum Gasteiger partial charge on any atom is -0.487 e. The molecule has 0 aliphatic carbocycles. The number of aliphatic hydroxyl groups excluding tert-OH is 2. The number of allylic oxidation sites excluding steroid dienone is 8. The van der Waals surface area contributed by atoms with E-state index in [1.807, 2.05) is 12.1 Å². The Hall–Kier alpha value is -3.10. The van der Waals surface area contributed by atoms with Crippen molar-refractivity contribution in [2.75, 3.05) is 107 Å². The number of quaternary nitrogens is 1. The maximum atomic E-state index is 9.86. The number of ether oxygens (including phenoxy) is 8. The molecular weight excluding hydrogens is 964 g/mol. The van der Waals surface area contributed by atoms with E-state index in [2.05, 4.69) is 45.2 Å². The summed E-state index contributed by atoms with van der Waals surface area (Å²) in [5.74, 6) is 0.937. The Morgan fingerprint density at radius 1 is 0.531 bits per heavy atom. The standard InChI is InChI=1S/C48H67N5O10.Gd/c1-7-35-36(8-2)40-28-42-38(12-10-14-55)34(4)46(53-42)32-50-44-30-48(63-26-24-61-22-20-59-18-16-57-6)47(62-25-23-60-21-19-58-17-15-56-5)29-43(44)49-31-45-33(3)37(11-9-13-54)41(52-45)27-39(35)51-40;/h27-32,51,54-55H,7-26H2,1-6H3;/q;+3/p+1. The van der Waals surface area contributed by atoms with Crippen molar-refractivity contribution in [2.24, 2.45) is 20.0 Å². The summed E-state index contributed by atoms with van der Waals surface area (Å²) in [6.45, 7) is 13.6. The summed E-state index contributed by atoms with van der Waals surface area (Å²) >= 11 is 0. The van der Waals surface area contributed by atoms with Crippen molar-refractivity contribution in [1.29, 1.82) is 0 Å². The fourth-order valence-corrected chi connectivity index (χ4v) is 7.55. The van der Waals surface area contributed by atoms with Crippen molar-refractivity contribution in [3.8, 4) is 11.5 Å². The predicted octanol–water partition coefficient (Wildman–Crippen LogP) is 5.98. The summed E-state index contributed by atoms with van der Waals surface area (Å²) in [5, 5.41) is 22.0. The smallest absolute Gasteiger partial charge is 0.487 e. The summed E-state index contributed by atoms with van der Waals surface area (Å²) in [6, 6.07) is 3.65. The average Bonchev–Trinajstić information content (AvgIpc) is 3.89. The normalized spacial score (nSPS) is 16.0. The van der Waals surface area contributed by atoms with Gasteiger partial charge in [-0.05, 0) is 74.7 Å². The molecule has 6 bridgehead atoms. The molecule has 4 heterocycles. The second-order valence-corrected chi connectivity index (χ2v) is 15.1. The summed E-state index contributed by atoms with van der Waals surface area (Å²) < 4.78 is 45.3. The predicted molar refractivity (Wildman–Crippen MR) is 246 cm³/mol. The van der Waals surface area contributed by atoms with Crippen molar-refractivity contribution >= 4 is 35.2 Å². The molecular formula is C48H68GdN5O10+4. The second kappa shape index (κ2) is 29.5. The van der Waals surface area contributed by atoms with Crippen molar-refractivity contribution in [2.45, 2.75) is 66.2 Å². The molecule has 1 aromatic rings. The zero-order valence-electron chi connectivity index (χ0n) is 38.5. The minimum atomic E-state index is 0. The van der Waals surface area contributed by atoms with Gasteiger partial charge in [0.25, 0.3) is 0 Å². The summed E-state index contributed by atoms with van der Waals surface area (Å²) in [6.07, 6.45) is 12.2. The van der Waals surface area contributed by atoms with Gasteiger partial charge < -0.3 is 48.1 Å². The molecule has 0 saturated carbocycles. The van der Waals surface area contributed by atoms with Crippen LogP contribution in [-0.4, -0.2) is 141 Å². The molecule has 4 N–H and O–H groups in total. The van der Waals surface area contributed by atoms with E-state index in [1.165, 1.54) is 11.1 Å². The van der Waals surface area contributed by atoms with Gasteiger partial charge in [0.05, 0.1) is 113 Å². The van der Waals surface area contributed by atoms with Crippen LogP contribution in [0.2, 0.25) is 0 Å². The number of hydrogen-bond donors (Lipinski definition) is 3. The van der Waals surface area contributed by atoms with Gasteiger partial charge in [-0.1, -0.05) is 13.8 Å². The first-order chi connectivity index (χ1) is 30.9. The van der Waals surface area contributed by atoms with Gasteiger partial charge in [-0.3, -0.25) is 15.3 Å². The number of rotatable bonds is 28. The van der Waals surface area contributed by atoms with Gasteiger partial charge in [-0.25, -0.2) is 9.98 Å². The number of benzene rings is 1. The molecule has 0 aromatic heterocycles. The quantitative estimate of drug-likeness (QED) is 0.0846. The molecule has 0 spiro atoms. The van der Waals surface area contributed by atoms with Crippen LogP contribution in [0.4, 0.5) is 11.4 Å². The zero-order chi connectivity index (χ0) is 44.8. The second-order valence-electron chi connectivity index (χ2n) is 15.1. The first kappa shape index (κ1) is 53.5. The number of aliphatic hydroxyl groups is 2. The minimum absolute atomic E-state index is 0. The van der Waals surface area contributed by atoms with E-state index in [9.17, 15) is 10.2 Å². The number of hydrogen-bond acceptors (Lipinski definition) is 14. The Morgan fingerprint density at radius 3 is 1.27 bits per heavy atom. The summed E-state index contributed by atoms with van der Waals surface area (Å²) in [5.41, 5.74) is 13.3. The van der Waals surface area contributed by atoms with Crippen LogP contribution >= 0.6 is 0 Å². The Balaban J connectivity index is 0.00000898. The van der Waals surface area contributed by atoms with Crippen LogP contribution in [0.15, 0.2) is 100 Å². The van der Waals surface area contributed by atoms with Crippen molar-refractivity contribution in [1.82, 2.24) is 0 Å². The first-order valence-corrected chi connectivity index (χ1v) is 22.2. The molecule has 349 valence electrons. The fourth-order valence-electron chi connectivity index (χ4n) is 7.55. The molecule has 5 rings (SSSR count). The van der Waals surface area contributed by atoms with E-state index >= 15 is 0 Å². The number of fused-ring (bicyclic) bond motifs is 5. The molecule has 0 atom stereocenters. The Bertz CT molecular complexity index is 1890. The van der Waals surface area contributed by atoms with E-state index in [1.54, 1.807) is 26.6 Å². The SMILES string of the molecule is CCC1=C2C=C3N=C(C=Nc4cc(OCCOCCOCCOC)c(OCCOCCOCCOC)cc4N=CC4=NC(=CC(=C1CC)[NH2+]2)C(CCCO)=C4C)C(C)=C3CCCO.[Gd+3]. The fraction of sp³-hybridized carbons (Fsp3) is 0.542. The molecule has 0 unspecified atom stereocenters. The van der Waals surface area contributed by atoms with Crippen LogP contribution in [-0.2, 0) is 28.4 Å². The molecule has 64 heavy (non-hydrogen) atoms. The van der Waals surface area contributed by atoms with Crippen molar-refractivity contribution < 1.29 is 93.4 Å². The molecule has 0 fully saturated rings. The largest absolute Gasteiger partial charge is 3.00 e. The molecule has 4 aliphatic rings. The van der Waals surface area contributed by atoms with Gasteiger partial charge in [0.15, 0.2) is 11.5 Å². The van der Waals surface area contributed by atoms with Crippen LogP contribution < -0.4 is 14.8 Å². The molecule has 16 heteroatoms. The average molecular weight is 1030 g/mol. The topological polar surface area (TPSA) is 180 Å². The summed E-state index contributed by atoms with van der Waals surface area (Å²) in [4.78, 5) is 20.4. The summed E-state index contributed by atoms with van der Waals surface area (Å²) in [7, 11) is 3.28. The van der Waals surface area contributed by atoms with E-state index in [4.69, 9.17) is 57.9 Å². The first-order valence-electron chi connectivity index (χ1n) is 22.2. The van der Waals surface area contributed by atoms with Gasteiger partial charge in [-0.15, -0.1) is 0 Å². The maximum Gasteiger partial charge on any atom is 3.00 e. The van der Waals surface area contributed by atoms with Crippen LogP contribution in [0.5, 0.6) is 11.5 Å². The van der Waals surface area contributed by atoms with E-state index in [0.717, 1.165) is 69.3 Å². The van der Waals surface area contributed by atoms with Crippen LogP contribution in [0.1, 0.15) is 66.2 Å². The monoisotopic (exact) mass is 1030 g/mol. The van der Waals surface area contributed by atoms with Gasteiger partial charge in [-0.2, -0.15) is 0 Å². The Morgan fingerprint density at radius 2 is 0.906 bits per heavy atom. The third kappa shape index (κ3) is 15.5. The van der Waals surface area contributed by atoms with Gasteiger partial charge in [0.2, 0.25) is 0 Å². The molecule has 1 aromatic carbocycles. The Kier molecular flexibility index (Phi) is 24.7. The van der Waals surface area contributed by atoms with Gasteiger partial charge >= 0.3 is 39.9 Å². The number of nitrogens with two attached hydrogens (primary N) is 1. The molecule has 4 aliphatic heterocycles. The molecule has 0 saturated heterocycles. The van der Waals surface area contributed by atoms with Crippen LogP contribution in [0.3, 0.4) is 0 Å². The van der Waals surface area contributed by atoms with Crippen molar-refractivity contribution in [3.05, 3.63) is 80.5 Å². The third-order valence-electron chi connectivity index (χ3n) is 10.9.